The van der Waals surface area contributed by atoms with Crippen molar-refractivity contribution in [2.45, 2.75) is 0 Å². The van der Waals surface area contributed by atoms with Crippen LogP contribution >= 0.6 is 34.3 Å². The molecule has 2 heterocycles. The number of ether oxygens (including phenoxy) is 1. The lowest BCUT2D eigenvalue weighted by Gasteiger charge is -2.04. The second-order valence-electron chi connectivity index (χ2n) is 3.84. The van der Waals surface area contributed by atoms with Crippen LogP contribution in [0.5, 0.6) is 5.75 Å². The second kappa shape index (κ2) is 5.33. The lowest BCUT2D eigenvalue weighted by molar-refractivity contribution is 0.416. The van der Waals surface area contributed by atoms with E-state index in [4.69, 9.17) is 16.3 Å². The lowest BCUT2D eigenvalue weighted by Crippen LogP contribution is -1.86. The average molecular weight is 308 g/mol. The van der Waals surface area contributed by atoms with Gasteiger partial charge in [-0.3, -0.25) is 0 Å². The maximum absolute atomic E-state index is 5.96. The first-order valence-corrected chi connectivity index (χ1v) is 7.70. The van der Waals surface area contributed by atoms with Gasteiger partial charge in [0.25, 0.3) is 0 Å². The van der Waals surface area contributed by atoms with Crippen LogP contribution in [0.15, 0.2) is 41.8 Å². The molecule has 3 rings (SSSR count). The Labute approximate surface area is 124 Å². The minimum atomic E-state index is 0.779. The first-order valence-electron chi connectivity index (χ1n) is 5.62. The minimum absolute atomic E-state index is 0.779. The number of halogens is 1. The SMILES string of the molecule is COc1ccccc1-c1nc(-c2ccc(Cl)s2)cs1. The van der Waals surface area contributed by atoms with E-state index in [1.54, 1.807) is 18.4 Å². The largest absolute Gasteiger partial charge is 0.496 e. The van der Waals surface area contributed by atoms with Gasteiger partial charge in [0.05, 0.1) is 27.6 Å². The van der Waals surface area contributed by atoms with E-state index in [2.05, 4.69) is 4.98 Å². The molecule has 0 radical (unpaired) electrons. The summed E-state index contributed by atoms with van der Waals surface area (Å²) in [7, 11) is 1.67. The number of rotatable bonds is 3. The highest BCUT2D eigenvalue weighted by atomic mass is 35.5. The highest BCUT2D eigenvalue weighted by Crippen LogP contribution is 2.37. The molecule has 2 nitrogen and oxygen atoms in total. The van der Waals surface area contributed by atoms with Crippen molar-refractivity contribution < 1.29 is 4.74 Å². The summed E-state index contributed by atoms with van der Waals surface area (Å²) in [5, 5.41) is 3.00. The molecule has 5 heteroatoms. The number of thiazole rings is 1. The molecular weight excluding hydrogens is 298 g/mol. The molecule has 3 aromatic rings. The van der Waals surface area contributed by atoms with Crippen LogP contribution in [0.4, 0.5) is 0 Å². The van der Waals surface area contributed by atoms with Gasteiger partial charge in [-0.15, -0.1) is 22.7 Å². The highest BCUT2D eigenvalue weighted by Gasteiger charge is 2.11. The monoisotopic (exact) mass is 307 g/mol. The number of thiophene rings is 1. The molecule has 0 saturated heterocycles. The summed E-state index contributed by atoms with van der Waals surface area (Å²) < 4.78 is 6.15. The van der Waals surface area contributed by atoms with Gasteiger partial charge in [0.15, 0.2) is 0 Å². The van der Waals surface area contributed by atoms with Gasteiger partial charge in [-0.25, -0.2) is 4.98 Å². The first kappa shape index (κ1) is 12.7. The van der Waals surface area contributed by atoms with E-state index in [1.807, 2.05) is 41.8 Å². The van der Waals surface area contributed by atoms with Crippen LogP contribution in [0.1, 0.15) is 0 Å². The standard InChI is InChI=1S/C14H10ClNOS2/c1-17-11-5-3-2-4-9(11)14-16-10(8-18-14)12-6-7-13(15)19-12/h2-8H,1H3. The van der Waals surface area contributed by atoms with Crippen molar-refractivity contribution in [3.63, 3.8) is 0 Å². The molecule has 19 heavy (non-hydrogen) atoms. The molecule has 1 aromatic carbocycles. The third-order valence-electron chi connectivity index (χ3n) is 2.67. The van der Waals surface area contributed by atoms with Gasteiger partial charge < -0.3 is 4.74 Å². The highest BCUT2D eigenvalue weighted by molar-refractivity contribution is 7.20. The summed E-state index contributed by atoms with van der Waals surface area (Å²) in [6.45, 7) is 0. The fourth-order valence-electron chi connectivity index (χ4n) is 1.78. The Morgan fingerprint density at radius 1 is 1.16 bits per heavy atom. The molecule has 0 saturated carbocycles. The molecule has 0 aliphatic rings. The normalized spacial score (nSPS) is 10.6. The van der Waals surface area contributed by atoms with Crippen LogP contribution in [0, 0.1) is 0 Å². The fraction of sp³-hybridized carbons (Fsp3) is 0.0714. The molecule has 96 valence electrons. The first-order chi connectivity index (χ1) is 9.28. The van der Waals surface area contributed by atoms with E-state index in [-0.39, 0.29) is 0 Å². The summed E-state index contributed by atoms with van der Waals surface area (Å²) in [5.41, 5.74) is 1.98. The van der Waals surface area contributed by atoms with Crippen LogP contribution < -0.4 is 4.74 Å². The Kier molecular flexibility index (Phi) is 3.55. The van der Waals surface area contributed by atoms with Crippen LogP contribution in [-0.4, -0.2) is 12.1 Å². The third-order valence-corrected chi connectivity index (χ3v) is 4.80. The van der Waals surface area contributed by atoms with Gasteiger partial charge >= 0.3 is 0 Å². The van der Waals surface area contributed by atoms with Crippen molar-refractivity contribution >= 4 is 34.3 Å². The maximum atomic E-state index is 5.96. The zero-order chi connectivity index (χ0) is 13.2. The minimum Gasteiger partial charge on any atom is -0.496 e. The predicted molar refractivity (Wildman–Crippen MR) is 82.4 cm³/mol. The lowest BCUT2D eigenvalue weighted by atomic mass is 10.2. The van der Waals surface area contributed by atoms with Crippen LogP contribution in [0.2, 0.25) is 4.34 Å². The van der Waals surface area contributed by atoms with E-state index in [0.29, 0.717) is 0 Å². The van der Waals surface area contributed by atoms with E-state index in [1.165, 1.54) is 11.3 Å². The van der Waals surface area contributed by atoms with E-state index < -0.39 is 0 Å². The van der Waals surface area contributed by atoms with Crippen molar-refractivity contribution in [1.29, 1.82) is 0 Å². The molecule has 2 aromatic heterocycles. The Hall–Kier alpha value is -1.36. The summed E-state index contributed by atoms with van der Waals surface area (Å²) in [5.74, 6) is 0.840. The van der Waals surface area contributed by atoms with Gasteiger partial charge in [-0.1, -0.05) is 23.7 Å². The number of hydrogen-bond acceptors (Lipinski definition) is 4. The maximum Gasteiger partial charge on any atom is 0.129 e. The zero-order valence-electron chi connectivity index (χ0n) is 10.1. The molecule has 0 spiro atoms. The molecule has 0 bridgehead atoms. The Balaban J connectivity index is 2.01. The molecular formula is C14H10ClNOS2. The van der Waals surface area contributed by atoms with E-state index in [0.717, 1.165) is 31.2 Å². The number of benzene rings is 1. The van der Waals surface area contributed by atoms with Crippen molar-refractivity contribution in [3.8, 4) is 26.9 Å². The summed E-state index contributed by atoms with van der Waals surface area (Å²) in [6, 6.07) is 11.8. The van der Waals surface area contributed by atoms with Crippen LogP contribution in [0.3, 0.4) is 0 Å². The molecule has 0 atom stereocenters. The molecule has 0 amide bonds. The molecule has 0 N–H and O–H groups in total. The van der Waals surface area contributed by atoms with Gasteiger partial charge in [-0.2, -0.15) is 0 Å². The summed E-state index contributed by atoms with van der Waals surface area (Å²) >= 11 is 9.10. The summed E-state index contributed by atoms with van der Waals surface area (Å²) in [4.78, 5) is 5.75. The number of aromatic nitrogens is 1. The Bertz CT molecular complexity index is 705. The third kappa shape index (κ3) is 2.52. The van der Waals surface area contributed by atoms with Crippen molar-refractivity contribution in [2.75, 3.05) is 7.11 Å². The van der Waals surface area contributed by atoms with Gasteiger partial charge in [0, 0.05) is 5.38 Å². The predicted octanol–water partition coefficient (Wildman–Crippen LogP) is 5.20. The van der Waals surface area contributed by atoms with Crippen molar-refractivity contribution in [3.05, 3.63) is 46.1 Å². The van der Waals surface area contributed by atoms with Crippen LogP contribution in [0.25, 0.3) is 21.1 Å². The van der Waals surface area contributed by atoms with Gasteiger partial charge in [-0.05, 0) is 24.3 Å². The van der Waals surface area contributed by atoms with Crippen LogP contribution in [-0.2, 0) is 0 Å². The fourth-order valence-corrected chi connectivity index (χ4v) is 3.71. The summed E-state index contributed by atoms with van der Waals surface area (Å²) in [6.07, 6.45) is 0. The van der Waals surface area contributed by atoms with E-state index in [9.17, 15) is 0 Å². The zero-order valence-corrected chi connectivity index (χ0v) is 12.5. The number of hydrogen-bond donors (Lipinski definition) is 0. The van der Waals surface area contributed by atoms with E-state index >= 15 is 0 Å². The number of para-hydroxylation sites is 1. The molecule has 0 aliphatic heterocycles. The average Bonchev–Trinajstić information content (AvgIpc) is 3.07. The Morgan fingerprint density at radius 3 is 2.74 bits per heavy atom. The number of methoxy groups -OCH3 is 1. The second-order valence-corrected chi connectivity index (χ2v) is 6.42. The van der Waals surface area contributed by atoms with Gasteiger partial charge in [0.1, 0.15) is 10.8 Å². The van der Waals surface area contributed by atoms with Crippen molar-refractivity contribution in [2.24, 2.45) is 0 Å². The van der Waals surface area contributed by atoms with Gasteiger partial charge in [0.2, 0.25) is 0 Å². The Morgan fingerprint density at radius 2 is 2.00 bits per heavy atom. The smallest absolute Gasteiger partial charge is 0.129 e. The topological polar surface area (TPSA) is 22.1 Å². The number of nitrogens with zero attached hydrogens (tertiary/aromatic N) is 1. The van der Waals surface area contributed by atoms with Crippen molar-refractivity contribution in [1.82, 2.24) is 4.98 Å². The molecule has 0 aliphatic carbocycles. The molecule has 0 unspecified atom stereocenters. The molecule has 0 fully saturated rings. The quantitative estimate of drug-likeness (QED) is 0.663.